The molecule has 0 fully saturated rings. The Morgan fingerprint density at radius 1 is 1.58 bits per heavy atom. The van der Waals surface area contributed by atoms with E-state index in [9.17, 15) is 0 Å². The van der Waals surface area contributed by atoms with Crippen molar-refractivity contribution in [1.29, 1.82) is 0 Å². The van der Waals surface area contributed by atoms with Gasteiger partial charge in [-0.3, -0.25) is 0 Å². The summed E-state index contributed by atoms with van der Waals surface area (Å²) in [5, 5.41) is 35.8. The minimum atomic E-state index is -1.38. The first-order valence-electron chi connectivity index (χ1n) is 3.60. The van der Waals surface area contributed by atoms with Gasteiger partial charge in [0.2, 0.25) is 6.29 Å². The van der Waals surface area contributed by atoms with Crippen LogP contribution in [0.4, 0.5) is 0 Å². The maximum atomic E-state index is 9.13. The third-order valence-electron chi connectivity index (χ3n) is 1.88. The van der Waals surface area contributed by atoms with Gasteiger partial charge in [-0.1, -0.05) is 0 Å². The highest BCUT2D eigenvalue weighted by atomic mass is 16.6. The Morgan fingerprint density at radius 2 is 2.17 bits per heavy atom. The second-order valence-electron chi connectivity index (χ2n) is 2.73. The summed E-state index contributed by atoms with van der Waals surface area (Å²) in [5.74, 6) is -0.285. The van der Waals surface area contributed by atoms with Crippen LogP contribution < -0.4 is 0 Å². The van der Waals surface area contributed by atoms with Crippen LogP contribution in [0, 0.1) is 0 Å². The van der Waals surface area contributed by atoms with Crippen LogP contribution >= 0.6 is 0 Å². The van der Waals surface area contributed by atoms with Crippen molar-refractivity contribution >= 4 is 0 Å². The molecule has 4 N–H and O–H groups in total. The van der Waals surface area contributed by atoms with Crippen molar-refractivity contribution in [3.63, 3.8) is 0 Å². The largest absolute Gasteiger partial charge is 0.507 e. The third kappa shape index (κ3) is 1.44. The van der Waals surface area contributed by atoms with Crippen molar-refractivity contribution in [3.05, 3.63) is 11.3 Å². The first-order chi connectivity index (χ1) is 5.57. The van der Waals surface area contributed by atoms with Gasteiger partial charge in [0.15, 0.2) is 0 Å². The Hall–Kier alpha value is -0.620. The molecule has 0 aromatic rings. The van der Waals surface area contributed by atoms with Gasteiger partial charge in [-0.2, -0.15) is 0 Å². The zero-order chi connectivity index (χ0) is 9.30. The number of rotatable bonds is 2. The maximum Gasteiger partial charge on any atom is 0.214 e. The van der Waals surface area contributed by atoms with Gasteiger partial charge in [0.1, 0.15) is 18.0 Å². The van der Waals surface area contributed by atoms with Gasteiger partial charge in [-0.05, 0) is 6.92 Å². The summed E-state index contributed by atoms with van der Waals surface area (Å²) in [5.41, 5.74) is 0.351. The SMILES string of the molecule is CC1=C(O)[C@H](O)OC1C(O)CO. The molecule has 1 aliphatic heterocycles. The Morgan fingerprint density at radius 3 is 2.50 bits per heavy atom. The van der Waals surface area contributed by atoms with E-state index in [4.69, 9.17) is 25.2 Å². The maximum absolute atomic E-state index is 9.13. The van der Waals surface area contributed by atoms with Crippen LogP contribution in [0.3, 0.4) is 0 Å². The molecule has 0 saturated heterocycles. The van der Waals surface area contributed by atoms with Crippen LogP contribution in [0.1, 0.15) is 6.92 Å². The number of aliphatic hydroxyl groups excluding tert-OH is 4. The first kappa shape index (κ1) is 9.47. The van der Waals surface area contributed by atoms with E-state index < -0.39 is 25.1 Å². The fourth-order valence-electron chi connectivity index (χ4n) is 1.12. The highest BCUT2D eigenvalue weighted by molar-refractivity contribution is 5.18. The van der Waals surface area contributed by atoms with Crippen molar-refractivity contribution in [3.8, 4) is 0 Å². The summed E-state index contributed by atoms with van der Waals surface area (Å²) in [6, 6.07) is 0. The zero-order valence-corrected chi connectivity index (χ0v) is 6.64. The zero-order valence-electron chi connectivity index (χ0n) is 6.64. The summed E-state index contributed by atoms with van der Waals surface area (Å²) < 4.78 is 4.76. The van der Waals surface area contributed by atoms with E-state index in [1.165, 1.54) is 6.92 Å². The highest BCUT2D eigenvalue weighted by Crippen LogP contribution is 2.25. The molecular weight excluding hydrogens is 164 g/mol. The van der Waals surface area contributed by atoms with Gasteiger partial charge in [0.05, 0.1) is 6.61 Å². The average Bonchev–Trinajstić information content (AvgIpc) is 2.32. The average molecular weight is 176 g/mol. The standard InChI is InChI=1S/C7H12O5/c1-3-5(10)7(11)12-6(3)4(9)2-8/h4,6-11H,2H2,1H3/t4?,6?,7-/m1/s1. The molecule has 0 bridgehead atoms. The molecule has 0 aromatic heterocycles. The second-order valence-corrected chi connectivity index (χ2v) is 2.73. The monoisotopic (exact) mass is 176 g/mol. The molecule has 5 heteroatoms. The Bertz CT molecular complexity index is 200. The normalized spacial score (nSPS) is 32.7. The van der Waals surface area contributed by atoms with Gasteiger partial charge in [0.25, 0.3) is 0 Å². The van der Waals surface area contributed by atoms with E-state index in [-0.39, 0.29) is 5.76 Å². The third-order valence-corrected chi connectivity index (χ3v) is 1.88. The van der Waals surface area contributed by atoms with Crippen LogP contribution in [0.5, 0.6) is 0 Å². The first-order valence-corrected chi connectivity index (χ1v) is 3.60. The van der Waals surface area contributed by atoms with Crippen molar-refractivity contribution < 1.29 is 25.2 Å². The molecule has 0 aliphatic carbocycles. The molecule has 3 atom stereocenters. The lowest BCUT2D eigenvalue weighted by molar-refractivity contribution is -0.130. The number of aliphatic hydroxyl groups is 4. The molecule has 12 heavy (non-hydrogen) atoms. The lowest BCUT2D eigenvalue weighted by Gasteiger charge is -2.16. The van der Waals surface area contributed by atoms with Crippen molar-refractivity contribution in [1.82, 2.24) is 0 Å². The fourth-order valence-corrected chi connectivity index (χ4v) is 1.12. The van der Waals surface area contributed by atoms with Crippen LogP contribution in [0.15, 0.2) is 11.3 Å². The summed E-state index contributed by atoms with van der Waals surface area (Å²) in [6.45, 7) is 1.05. The van der Waals surface area contributed by atoms with Crippen LogP contribution in [0.2, 0.25) is 0 Å². The van der Waals surface area contributed by atoms with E-state index >= 15 is 0 Å². The lowest BCUT2D eigenvalue weighted by Crippen LogP contribution is -2.31. The van der Waals surface area contributed by atoms with Crippen molar-refractivity contribution in [2.24, 2.45) is 0 Å². The molecule has 2 unspecified atom stereocenters. The van der Waals surface area contributed by atoms with Crippen LogP contribution in [-0.2, 0) is 4.74 Å². The van der Waals surface area contributed by atoms with Gasteiger partial charge in [-0.15, -0.1) is 0 Å². The minimum Gasteiger partial charge on any atom is -0.507 e. The molecule has 0 radical (unpaired) electrons. The summed E-state index contributed by atoms with van der Waals surface area (Å²) >= 11 is 0. The summed E-state index contributed by atoms with van der Waals surface area (Å²) in [6.07, 6.45) is -3.30. The molecule has 0 spiro atoms. The summed E-state index contributed by atoms with van der Waals surface area (Å²) in [7, 11) is 0. The van der Waals surface area contributed by atoms with Crippen LogP contribution in [-0.4, -0.2) is 45.5 Å². The molecule has 70 valence electrons. The van der Waals surface area contributed by atoms with E-state index in [0.717, 1.165) is 0 Å². The van der Waals surface area contributed by atoms with E-state index in [1.54, 1.807) is 0 Å². The second kappa shape index (κ2) is 3.40. The lowest BCUT2D eigenvalue weighted by atomic mass is 10.1. The predicted octanol–water partition coefficient (Wildman–Crippen LogP) is -1.11. The molecule has 0 aromatic carbocycles. The Balaban J connectivity index is 2.73. The van der Waals surface area contributed by atoms with Crippen molar-refractivity contribution in [2.45, 2.75) is 25.4 Å². The van der Waals surface area contributed by atoms with Gasteiger partial charge in [-0.25, -0.2) is 0 Å². The molecule has 5 nitrogen and oxygen atoms in total. The molecule has 0 saturated carbocycles. The van der Waals surface area contributed by atoms with E-state index in [0.29, 0.717) is 5.57 Å². The van der Waals surface area contributed by atoms with E-state index in [2.05, 4.69) is 0 Å². The van der Waals surface area contributed by atoms with E-state index in [1.807, 2.05) is 0 Å². The quantitative estimate of drug-likeness (QED) is 0.428. The minimum absolute atomic E-state index is 0.285. The van der Waals surface area contributed by atoms with Gasteiger partial charge in [0, 0.05) is 5.57 Å². The smallest absolute Gasteiger partial charge is 0.214 e. The van der Waals surface area contributed by atoms with Crippen LogP contribution in [0.25, 0.3) is 0 Å². The molecule has 1 aliphatic rings. The topological polar surface area (TPSA) is 90.2 Å². The molecule has 1 heterocycles. The van der Waals surface area contributed by atoms with Gasteiger partial charge >= 0.3 is 0 Å². The molecule has 1 rings (SSSR count). The molecular formula is C7H12O5. The molecule has 0 amide bonds. The fraction of sp³-hybridized carbons (Fsp3) is 0.714. The predicted molar refractivity (Wildman–Crippen MR) is 39.3 cm³/mol. The van der Waals surface area contributed by atoms with Gasteiger partial charge < -0.3 is 25.2 Å². The number of hydrogen-bond donors (Lipinski definition) is 4. The Labute approximate surface area is 69.5 Å². The highest BCUT2D eigenvalue weighted by Gasteiger charge is 2.34. The number of ether oxygens (including phenoxy) is 1. The van der Waals surface area contributed by atoms with Crippen molar-refractivity contribution in [2.75, 3.05) is 6.61 Å². The number of hydrogen-bond acceptors (Lipinski definition) is 5. The summed E-state index contributed by atoms with van der Waals surface area (Å²) in [4.78, 5) is 0. The Kier molecular flexibility index (Phi) is 2.69.